The fourth-order valence-electron chi connectivity index (χ4n) is 3.72. The maximum absolute atomic E-state index is 13.3. The lowest BCUT2D eigenvalue weighted by Crippen LogP contribution is -2.40. The molecule has 4 nitrogen and oxygen atoms in total. The van der Waals surface area contributed by atoms with Crippen molar-refractivity contribution in [3.8, 4) is 0 Å². The second kappa shape index (κ2) is 8.88. The zero-order valence-electron chi connectivity index (χ0n) is 15.6. The molecule has 1 aliphatic rings. The molecule has 7 heteroatoms. The van der Waals surface area contributed by atoms with Crippen LogP contribution in [0.1, 0.15) is 41.6 Å². The van der Waals surface area contributed by atoms with Crippen LogP contribution in [-0.2, 0) is 10.2 Å². The summed E-state index contributed by atoms with van der Waals surface area (Å²) in [5.74, 6) is -0.736. The number of hydrogen-bond acceptors (Lipinski definition) is 3. The van der Waals surface area contributed by atoms with Crippen molar-refractivity contribution in [3.05, 3.63) is 64.4 Å². The fourth-order valence-corrected chi connectivity index (χ4v) is 4.10. The van der Waals surface area contributed by atoms with Gasteiger partial charge in [-0.1, -0.05) is 36.6 Å². The molecule has 2 aromatic rings. The third-order valence-electron chi connectivity index (χ3n) is 5.23. The number of nitrogens with one attached hydrogen (secondary N) is 2. The van der Waals surface area contributed by atoms with Gasteiger partial charge in [0.1, 0.15) is 5.82 Å². The van der Waals surface area contributed by atoms with E-state index < -0.39 is 5.97 Å². The first-order valence-corrected chi connectivity index (χ1v) is 9.91. The summed E-state index contributed by atoms with van der Waals surface area (Å²) in [7, 11) is 1.31. The third-order valence-corrected chi connectivity index (χ3v) is 5.81. The van der Waals surface area contributed by atoms with E-state index in [0.29, 0.717) is 22.4 Å². The number of esters is 1. The highest BCUT2D eigenvalue weighted by molar-refractivity contribution is 7.80. The van der Waals surface area contributed by atoms with E-state index in [1.807, 2.05) is 12.1 Å². The summed E-state index contributed by atoms with van der Waals surface area (Å²) in [6, 6.07) is 11.7. The van der Waals surface area contributed by atoms with Crippen LogP contribution < -0.4 is 10.6 Å². The summed E-state index contributed by atoms with van der Waals surface area (Å²) in [6.45, 7) is 0.655. The summed E-state index contributed by atoms with van der Waals surface area (Å²) >= 11 is 11.5. The molecule has 0 saturated heterocycles. The standard InChI is InChI=1S/C21H22ClFN2O2S/c1-27-19(26)17-12-16(8-9-18(17)22)25-20(28)24-13-21(10-2-3-11-21)14-4-6-15(23)7-5-14/h4-9,12H,2-3,10-11,13H2,1H3,(H2,24,25,28). The number of carbonyl (C=O) groups excluding carboxylic acids is 1. The molecule has 0 unspecified atom stereocenters. The van der Waals surface area contributed by atoms with Gasteiger partial charge >= 0.3 is 5.97 Å². The Morgan fingerprint density at radius 1 is 1.21 bits per heavy atom. The Morgan fingerprint density at radius 2 is 1.89 bits per heavy atom. The zero-order valence-corrected chi connectivity index (χ0v) is 17.1. The number of halogens is 2. The van der Waals surface area contributed by atoms with Gasteiger partial charge in [-0.3, -0.25) is 0 Å². The van der Waals surface area contributed by atoms with Gasteiger partial charge in [0, 0.05) is 17.6 Å². The lowest BCUT2D eigenvalue weighted by molar-refractivity contribution is 0.0601. The van der Waals surface area contributed by atoms with Crippen LogP contribution >= 0.6 is 23.8 Å². The van der Waals surface area contributed by atoms with Crippen molar-refractivity contribution in [2.45, 2.75) is 31.1 Å². The summed E-state index contributed by atoms with van der Waals surface area (Å²) in [5, 5.41) is 7.13. The quantitative estimate of drug-likeness (QED) is 0.522. The van der Waals surface area contributed by atoms with Gasteiger partial charge in [0.2, 0.25) is 0 Å². The molecule has 28 heavy (non-hydrogen) atoms. The minimum absolute atomic E-state index is 0.0589. The number of thiocarbonyl (C=S) groups is 1. The Hall–Kier alpha value is -2.18. The van der Waals surface area contributed by atoms with E-state index in [1.54, 1.807) is 18.2 Å². The Morgan fingerprint density at radius 3 is 2.54 bits per heavy atom. The first-order chi connectivity index (χ1) is 13.4. The van der Waals surface area contributed by atoms with E-state index in [4.69, 9.17) is 28.6 Å². The molecule has 2 aromatic carbocycles. The highest BCUT2D eigenvalue weighted by Crippen LogP contribution is 2.40. The molecular formula is C21H22ClFN2O2S. The highest BCUT2D eigenvalue weighted by atomic mass is 35.5. The number of carbonyl (C=O) groups is 1. The van der Waals surface area contributed by atoms with Crippen molar-refractivity contribution in [3.63, 3.8) is 0 Å². The van der Waals surface area contributed by atoms with Crippen molar-refractivity contribution >= 4 is 40.6 Å². The molecule has 0 atom stereocenters. The van der Waals surface area contributed by atoms with Crippen molar-refractivity contribution in [2.75, 3.05) is 19.0 Å². The lowest BCUT2D eigenvalue weighted by atomic mass is 9.79. The highest BCUT2D eigenvalue weighted by Gasteiger charge is 2.35. The van der Waals surface area contributed by atoms with Gasteiger partial charge in [0.15, 0.2) is 5.11 Å². The third kappa shape index (κ3) is 4.62. The van der Waals surface area contributed by atoms with Gasteiger partial charge in [-0.05, 0) is 61.0 Å². The van der Waals surface area contributed by atoms with Crippen molar-refractivity contribution < 1.29 is 13.9 Å². The summed E-state index contributed by atoms with van der Waals surface area (Å²) in [4.78, 5) is 11.8. The minimum atomic E-state index is -0.506. The molecular weight excluding hydrogens is 399 g/mol. The topological polar surface area (TPSA) is 50.4 Å². The normalized spacial score (nSPS) is 15.1. The van der Waals surface area contributed by atoms with Crippen LogP contribution in [0.15, 0.2) is 42.5 Å². The number of methoxy groups -OCH3 is 1. The van der Waals surface area contributed by atoms with Crippen LogP contribution in [0.5, 0.6) is 0 Å². The van der Waals surface area contributed by atoms with Crippen molar-refractivity contribution in [1.82, 2.24) is 5.32 Å². The Labute approximate surface area is 174 Å². The molecule has 1 saturated carbocycles. The second-order valence-corrected chi connectivity index (χ2v) is 7.80. The van der Waals surface area contributed by atoms with Gasteiger partial charge in [-0.2, -0.15) is 0 Å². The summed E-state index contributed by atoms with van der Waals surface area (Å²) in [6.07, 6.45) is 4.33. The van der Waals surface area contributed by atoms with Crippen molar-refractivity contribution in [2.24, 2.45) is 0 Å². The van der Waals surface area contributed by atoms with Gasteiger partial charge in [-0.25, -0.2) is 9.18 Å². The van der Waals surface area contributed by atoms with Gasteiger partial charge in [0.25, 0.3) is 0 Å². The van der Waals surface area contributed by atoms with Crippen LogP contribution in [0.3, 0.4) is 0 Å². The first-order valence-electron chi connectivity index (χ1n) is 9.12. The van der Waals surface area contributed by atoms with Crippen LogP contribution in [0.25, 0.3) is 0 Å². The van der Waals surface area contributed by atoms with Gasteiger partial charge in [0.05, 0.1) is 17.7 Å². The maximum Gasteiger partial charge on any atom is 0.339 e. The minimum Gasteiger partial charge on any atom is -0.465 e. The second-order valence-electron chi connectivity index (χ2n) is 6.99. The number of anilines is 1. The molecule has 0 radical (unpaired) electrons. The van der Waals surface area contributed by atoms with Crippen LogP contribution in [-0.4, -0.2) is 24.7 Å². The molecule has 0 aliphatic heterocycles. The number of ether oxygens (including phenoxy) is 1. The average molecular weight is 421 g/mol. The SMILES string of the molecule is COC(=O)c1cc(NC(=S)NCC2(c3ccc(F)cc3)CCCC2)ccc1Cl. The largest absolute Gasteiger partial charge is 0.465 e. The predicted octanol–water partition coefficient (Wildman–Crippen LogP) is 5.06. The fraction of sp³-hybridized carbons (Fsp3) is 0.333. The molecule has 0 heterocycles. The van der Waals surface area contributed by atoms with Crippen LogP contribution in [0.4, 0.5) is 10.1 Å². The first kappa shape index (κ1) is 20.6. The number of rotatable bonds is 5. The molecule has 148 valence electrons. The van der Waals surface area contributed by atoms with E-state index in [-0.39, 0.29) is 16.8 Å². The zero-order chi connectivity index (χ0) is 20.1. The molecule has 0 spiro atoms. The molecule has 1 aliphatic carbocycles. The average Bonchev–Trinajstić information content (AvgIpc) is 3.18. The molecule has 2 N–H and O–H groups in total. The molecule has 0 bridgehead atoms. The van der Waals surface area contributed by atoms with E-state index in [1.165, 1.54) is 19.2 Å². The smallest absolute Gasteiger partial charge is 0.339 e. The monoisotopic (exact) mass is 420 g/mol. The van der Waals surface area contributed by atoms with Gasteiger partial charge in [-0.15, -0.1) is 0 Å². The summed E-state index contributed by atoms with van der Waals surface area (Å²) < 4.78 is 18.0. The number of hydrogen-bond donors (Lipinski definition) is 2. The molecule has 3 rings (SSSR count). The van der Waals surface area contributed by atoms with Gasteiger partial charge < -0.3 is 15.4 Å². The van der Waals surface area contributed by atoms with E-state index in [2.05, 4.69) is 10.6 Å². The van der Waals surface area contributed by atoms with E-state index in [0.717, 1.165) is 31.2 Å². The predicted molar refractivity (Wildman–Crippen MR) is 114 cm³/mol. The molecule has 1 fully saturated rings. The Balaban J connectivity index is 1.67. The lowest BCUT2D eigenvalue weighted by Gasteiger charge is -2.30. The van der Waals surface area contributed by atoms with E-state index in [9.17, 15) is 9.18 Å². The van der Waals surface area contributed by atoms with Crippen molar-refractivity contribution in [1.29, 1.82) is 0 Å². The maximum atomic E-state index is 13.3. The number of benzene rings is 2. The van der Waals surface area contributed by atoms with E-state index >= 15 is 0 Å². The van der Waals surface area contributed by atoms with Crippen LogP contribution in [0.2, 0.25) is 5.02 Å². The summed E-state index contributed by atoms with van der Waals surface area (Å²) in [5.41, 5.74) is 1.98. The van der Waals surface area contributed by atoms with Crippen LogP contribution in [0, 0.1) is 5.82 Å². The molecule has 0 amide bonds. The molecule has 0 aromatic heterocycles. The Bertz CT molecular complexity index is 867. The Kier molecular flexibility index (Phi) is 6.52.